The van der Waals surface area contributed by atoms with Gasteiger partial charge in [0, 0.05) is 37.1 Å². The number of likely N-dealkylation sites (tertiary alicyclic amines) is 1. The zero-order chi connectivity index (χ0) is 13.8. The molecule has 2 unspecified atom stereocenters. The fraction of sp³-hybridized carbons (Fsp3) is 0.533. The third kappa shape index (κ3) is 4.05. The molecule has 2 rings (SSSR count). The van der Waals surface area contributed by atoms with Crippen molar-refractivity contribution in [2.24, 2.45) is 5.92 Å². The third-order valence-corrected chi connectivity index (χ3v) is 4.36. The molecule has 0 aromatic heterocycles. The maximum absolute atomic E-state index is 11.4. The number of piperidine rings is 1. The lowest BCUT2D eigenvalue weighted by Gasteiger charge is -2.37. The molecule has 0 bridgehead atoms. The number of hydrogen-bond donors (Lipinski definition) is 1. The molecule has 104 valence electrons. The van der Waals surface area contributed by atoms with Crippen LogP contribution in [0.25, 0.3) is 0 Å². The molecule has 1 aromatic rings. The molecule has 1 saturated heterocycles. The summed E-state index contributed by atoms with van der Waals surface area (Å²) in [7, 11) is 0. The van der Waals surface area contributed by atoms with E-state index >= 15 is 0 Å². The van der Waals surface area contributed by atoms with Crippen LogP contribution in [0.5, 0.6) is 0 Å². The van der Waals surface area contributed by atoms with Crippen molar-refractivity contribution in [3.63, 3.8) is 0 Å². The third-order valence-electron chi connectivity index (χ3n) is 3.83. The molecule has 1 aromatic carbocycles. The molecule has 0 aliphatic carbocycles. The molecule has 1 aliphatic heterocycles. The minimum Gasteiger partial charge on any atom is -0.343 e. The van der Waals surface area contributed by atoms with Gasteiger partial charge < -0.3 is 10.2 Å². The van der Waals surface area contributed by atoms with Crippen molar-refractivity contribution in [1.29, 1.82) is 0 Å². The second-order valence-corrected chi connectivity index (χ2v) is 6.26. The number of rotatable bonds is 3. The zero-order valence-electron chi connectivity index (χ0n) is 11.5. The first kappa shape index (κ1) is 14.5. The Bertz CT molecular complexity index is 432. The smallest absolute Gasteiger partial charge is 0.219 e. The summed E-state index contributed by atoms with van der Waals surface area (Å²) in [6, 6.07) is 8.90. The van der Waals surface area contributed by atoms with E-state index in [1.165, 1.54) is 5.56 Å². The standard InChI is InChI=1S/C15H21BrN2O/c1-11-10-18(12(2)19)8-7-15(11)17-9-13-3-5-14(16)6-4-13/h3-6,11,15,17H,7-10H2,1-2H3. The first-order valence-corrected chi connectivity index (χ1v) is 7.59. The minimum atomic E-state index is 0.193. The van der Waals surface area contributed by atoms with Gasteiger partial charge in [-0.15, -0.1) is 0 Å². The van der Waals surface area contributed by atoms with Gasteiger partial charge in [0.2, 0.25) is 5.91 Å². The average molecular weight is 325 g/mol. The Labute approximate surface area is 123 Å². The first-order valence-electron chi connectivity index (χ1n) is 6.79. The highest BCUT2D eigenvalue weighted by molar-refractivity contribution is 9.10. The van der Waals surface area contributed by atoms with Crippen LogP contribution in [-0.4, -0.2) is 29.9 Å². The lowest BCUT2D eigenvalue weighted by Crippen LogP contribution is -2.49. The summed E-state index contributed by atoms with van der Waals surface area (Å²) in [5.74, 6) is 0.700. The van der Waals surface area contributed by atoms with Crippen molar-refractivity contribution >= 4 is 21.8 Å². The molecule has 4 heteroatoms. The number of nitrogens with zero attached hydrogens (tertiary/aromatic N) is 1. The molecule has 19 heavy (non-hydrogen) atoms. The summed E-state index contributed by atoms with van der Waals surface area (Å²) in [5, 5.41) is 3.61. The van der Waals surface area contributed by atoms with Crippen molar-refractivity contribution in [2.75, 3.05) is 13.1 Å². The van der Waals surface area contributed by atoms with Crippen LogP contribution in [0, 0.1) is 5.92 Å². The molecular formula is C15H21BrN2O. The molecule has 0 spiro atoms. The Morgan fingerprint density at radius 3 is 2.68 bits per heavy atom. The van der Waals surface area contributed by atoms with Gasteiger partial charge in [0.25, 0.3) is 0 Å². The molecule has 1 heterocycles. The number of carbonyl (C=O) groups is 1. The Morgan fingerprint density at radius 1 is 1.42 bits per heavy atom. The highest BCUT2D eigenvalue weighted by atomic mass is 79.9. The predicted molar refractivity (Wildman–Crippen MR) is 80.8 cm³/mol. The lowest BCUT2D eigenvalue weighted by atomic mass is 9.93. The van der Waals surface area contributed by atoms with E-state index in [1.807, 2.05) is 4.90 Å². The summed E-state index contributed by atoms with van der Waals surface area (Å²) in [6.07, 6.45) is 1.04. The summed E-state index contributed by atoms with van der Waals surface area (Å²) in [4.78, 5) is 13.3. The van der Waals surface area contributed by atoms with Crippen molar-refractivity contribution in [3.05, 3.63) is 34.3 Å². The average Bonchev–Trinajstić information content (AvgIpc) is 2.39. The van der Waals surface area contributed by atoms with Gasteiger partial charge in [0.05, 0.1) is 0 Å². The van der Waals surface area contributed by atoms with Crippen LogP contribution in [0.15, 0.2) is 28.7 Å². The summed E-state index contributed by atoms with van der Waals surface area (Å²) >= 11 is 3.44. The van der Waals surface area contributed by atoms with Gasteiger partial charge in [-0.2, -0.15) is 0 Å². The SMILES string of the molecule is CC(=O)N1CCC(NCc2ccc(Br)cc2)C(C)C1. The van der Waals surface area contributed by atoms with Gasteiger partial charge in [0.15, 0.2) is 0 Å². The van der Waals surface area contributed by atoms with Crippen LogP contribution in [0.4, 0.5) is 0 Å². The summed E-state index contributed by atoms with van der Waals surface area (Å²) in [5.41, 5.74) is 1.30. The maximum Gasteiger partial charge on any atom is 0.219 e. The number of halogens is 1. The van der Waals surface area contributed by atoms with Crippen LogP contribution >= 0.6 is 15.9 Å². The Hall–Kier alpha value is -0.870. The number of amides is 1. The number of hydrogen-bond acceptors (Lipinski definition) is 2. The van der Waals surface area contributed by atoms with Gasteiger partial charge in [-0.3, -0.25) is 4.79 Å². The zero-order valence-corrected chi connectivity index (χ0v) is 13.1. The molecule has 0 saturated carbocycles. The normalized spacial score (nSPS) is 23.4. The molecule has 3 nitrogen and oxygen atoms in total. The monoisotopic (exact) mass is 324 g/mol. The van der Waals surface area contributed by atoms with E-state index in [-0.39, 0.29) is 5.91 Å². The van der Waals surface area contributed by atoms with Crippen LogP contribution in [0.2, 0.25) is 0 Å². The molecule has 1 N–H and O–H groups in total. The second kappa shape index (κ2) is 6.53. The fourth-order valence-corrected chi connectivity index (χ4v) is 2.85. The number of benzene rings is 1. The van der Waals surface area contributed by atoms with Gasteiger partial charge in [0.1, 0.15) is 0 Å². The molecule has 1 amide bonds. The van der Waals surface area contributed by atoms with Crippen molar-refractivity contribution in [2.45, 2.75) is 32.9 Å². The minimum absolute atomic E-state index is 0.193. The van der Waals surface area contributed by atoms with E-state index in [0.717, 1.165) is 30.5 Å². The van der Waals surface area contributed by atoms with Crippen LogP contribution in [0.1, 0.15) is 25.8 Å². The van der Waals surface area contributed by atoms with Crippen molar-refractivity contribution < 1.29 is 4.79 Å². The van der Waals surface area contributed by atoms with Gasteiger partial charge >= 0.3 is 0 Å². The highest BCUT2D eigenvalue weighted by Crippen LogP contribution is 2.18. The topological polar surface area (TPSA) is 32.3 Å². The van der Waals surface area contributed by atoms with Crippen LogP contribution in [-0.2, 0) is 11.3 Å². The van der Waals surface area contributed by atoms with Gasteiger partial charge in [-0.05, 0) is 30.0 Å². The summed E-state index contributed by atoms with van der Waals surface area (Å²) in [6.45, 7) is 6.50. The van der Waals surface area contributed by atoms with E-state index in [9.17, 15) is 4.79 Å². The van der Waals surface area contributed by atoms with Gasteiger partial charge in [-0.25, -0.2) is 0 Å². The number of carbonyl (C=O) groups excluding carboxylic acids is 1. The highest BCUT2D eigenvalue weighted by Gasteiger charge is 2.26. The Morgan fingerprint density at radius 2 is 2.11 bits per heavy atom. The van der Waals surface area contributed by atoms with E-state index in [4.69, 9.17) is 0 Å². The van der Waals surface area contributed by atoms with E-state index in [2.05, 4.69) is 52.4 Å². The van der Waals surface area contributed by atoms with Crippen molar-refractivity contribution in [3.8, 4) is 0 Å². The van der Waals surface area contributed by atoms with Gasteiger partial charge in [-0.1, -0.05) is 35.0 Å². The predicted octanol–water partition coefficient (Wildman–Crippen LogP) is 2.80. The number of nitrogens with one attached hydrogen (secondary N) is 1. The van der Waals surface area contributed by atoms with Crippen molar-refractivity contribution in [1.82, 2.24) is 10.2 Å². The fourth-order valence-electron chi connectivity index (χ4n) is 2.59. The lowest BCUT2D eigenvalue weighted by molar-refractivity contribution is -0.130. The molecule has 1 fully saturated rings. The molecule has 2 atom stereocenters. The Balaban J connectivity index is 1.84. The molecule has 0 radical (unpaired) electrons. The summed E-state index contributed by atoms with van der Waals surface area (Å²) < 4.78 is 1.11. The molecule has 1 aliphatic rings. The Kier molecular flexibility index (Phi) is 4.99. The van der Waals surface area contributed by atoms with Crippen LogP contribution < -0.4 is 5.32 Å². The maximum atomic E-state index is 11.4. The van der Waals surface area contributed by atoms with E-state index < -0.39 is 0 Å². The van der Waals surface area contributed by atoms with Crippen LogP contribution in [0.3, 0.4) is 0 Å². The first-order chi connectivity index (χ1) is 9.06. The quantitative estimate of drug-likeness (QED) is 0.927. The second-order valence-electron chi connectivity index (χ2n) is 5.34. The largest absolute Gasteiger partial charge is 0.343 e. The van der Waals surface area contributed by atoms with E-state index in [0.29, 0.717) is 12.0 Å². The van der Waals surface area contributed by atoms with E-state index in [1.54, 1.807) is 6.92 Å². The molecular weight excluding hydrogens is 304 g/mol.